The molecule has 0 fully saturated rings. The molecule has 0 saturated heterocycles. The molecule has 0 atom stereocenters. The Hall–Kier alpha value is -1.62. The average molecular weight is 308 g/mol. The number of carbonyl (C=O) groups is 1. The Labute approximate surface area is 114 Å². The summed E-state index contributed by atoms with van der Waals surface area (Å²) in [5, 5.41) is 7.04. The molecule has 0 radical (unpaired) electrons. The molecule has 1 aromatic heterocycles. The number of halogens is 1. The molecule has 0 spiro atoms. The molecule has 0 aliphatic heterocycles. The third-order valence-corrected chi connectivity index (χ3v) is 3.43. The van der Waals surface area contributed by atoms with E-state index in [4.69, 9.17) is 0 Å². The highest BCUT2D eigenvalue weighted by Crippen LogP contribution is 2.15. The lowest BCUT2D eigenvalue weighted by Crippen LogP contribution is -2.23. The van der Waals surface area contributed by atoms with Crippen molar-refractivity contribution >= 4 is 21.8 Å². The Morgan fingerprint density at radius 1 is 1.44 bits per heavy atom. The van der Waals surface area contributed by atoms with Crippen molar-refractivity contribution < 1.29 is 4.79 Å². The number of nitrogens with one attached hydrogen (secondary N) is 1. The fraction of sp³-hybridized carbons (Fsp3) is 0.231. The fourth-order valence-electron chi connectivity index (χ4n) is 1.74. The van der Waals surface area contributed by atoms with E-state index in [0.29, 0.717) is 12.1 Å². The normalized spacial score (nSPS) is 10.4. The van der Waals surface area contributed by atoms with E-state index in [2.05, 4.69) is 26.3 Å². The van der Waals surface area contributed by atoms with Gasteiger partial charge < -0.3 is 5.32 Å². The van der Waals surface area contributed by atoms with Crippen molar-refractivity contribution in [2.75, 3.05) is 0 Å². The Kier molecular flexibility index (Phi) is 3.81. The molecule has 4 nitrogen and oxygen atoms in total. The quantitative estimate of drug-likeness (QED) is 0.946. The van der Waals surface area contributed by atoms with Crippen LogP contribution in [0.4, 0.5) is 0 Å². The van der Waals surface area contributed by atoms with E-state index >= 15 is 0 Å². The van der Waals surface area contributed by atoms with E-state index in [0.717, 1.165) is 15.7 Å². The molecule has 0 aliphatic carbocycles. The van der Waals surface area contributed by atoms with Gasteiger partial charge in [-0.2, -0.15) is 5.10 Å². The van der Waals surface area contributed by atoms with Crippen molar-refractivity contribution in [3.05, 3.63) is 51.8 Å². The van der Waals surface area contributed by atoms with Crippen LogP contribution in [0, 0.1) is 6.92 Å². The Balaban J connectivity index is 2.05. The predicted molar refractivity (Wildman–Crippen MR) is 73.3 cm³/mol. The van der Waals surface area contributed by atoms with Crippen LogP contribution in [0.5, 0.6) is 0 Å². The van der Waals surface area contributed by atoms with Gasteiger partial charge in [-0.25, -0.2) is 0 Å². The number of carbonyl (C=O) groups excluding carboxylic acids is 1. The molecule has 0 saturated carbocycles. The topological polar surface area (TPSA) is 46.9 Å². The highest BCUT2D eigenvalue weighted by molar-refractivity contribution is 9.10. The smallest absolute Gasteiger partial charge is 0.255 e. The molecular formula is C13H14BrN3O. The summed E-state index contributed by atoms with van der Waals surface area (Å²) in [6, 6.07) is 7.82. The highest BCUT2D eigenvalue weighted by atomic mass is 79.9. The number of amides is 1. The number of hydrogen-bond acceptors (Lipinski definition) is 2. The second-order valence-corrected chi connectivity index (χ2v) is 4.93. The minimum absolute atomic E-state index is 0.101. The van der Waals surface area contributed by atoms with Gasteiger partial charge in [0, 0.05) is 24.3 Å². The van der Waals surface area contributed by atoms with Gasteiger partial charge in [0.15, 0.2) is 0 Å². The molecule has 94 valence electrons. The molecule has 1 aromatic carbocycles. The maximum absolute atomic E-state index is 12.0. The van der Waals surface area contributed by atoms with E-state index in [1.165, 1.54) is 0 Å². The molecule has 1 N–H and O–H groups in total. The number of aryl methyl sites for hydroxylation is 2. The standard InChI is InChI=1S/C13H14BrN3O/c1-9-11(8-17(2)16-9)13(18)15-7-10-5-3-4-6-12(10)14/h3-6,8H,7H2,1-2H3,(H,15,18). The fourth-order valence-corrected chi connectivity index (χ4v) is 2.16. The SMILES string of the molecule is Cc1nn(C)cc1C(=O)NCc1ccccc1Br. The van der Waals surface area contributed by atoms with Gasteiger partial charge in [0.05, 0.1) is 11.3 Å². The molecule has 0 bridgehead atoms. The van der Waals surface area contributed by atoms with E-state index in [1.807, 2.05) is 31.2 Å². The van der Waals surface area contributed by atoms with E-state index in [1.54, 1.807) is 17.9 Å². The van der Waals surface area contributed by atoms with Crippen molar-refractivity contribution in [1.82, 2.24) is 15.1 Å². The lowest BCUT2D eigenvalue weighted by molar-refractivity contribution is 0.0950. The first-order chi connectivity index (χ1) is 8.58. The van der Waals surface area contributed by atoms with Crippen LogP contribution in [0.3, 0.4) is 0 Å². The molecule has 1 heterocycles. The number of hydrogen-bond donors (Lipinski definition) is 1. The molecule has 18 heavy (non-hydrogen) atoms. The maximum Gasteiger partial charge on any atom is 0.255 e. The molecule has 0 unspecified atom stereocenters. The first-order valence-corrected chi connectivity index (χ1v) is 6.39. The van der Waals surface area contributed by atoms with Gasteiger partial charge in [0.1, 0.15) is 0 Å². The zero-order valence-corrected chi connectivity index (χ0v) is 11.9. The van der Waals surface area contributed by atoms with Crippen LogP contribution in [0.25, 0.3) is 0 Å². The van der Waals surface area contributed by atoms with Crippen LogP contribution >= 0.6 is 15.9 Å². The average Bonchev–Trinajstić information content (AvgIpc) is 2.67. The third kappa shape index (κ3) is 2.79. The lowest BCUT2D eigenvalue weighted by Gasteiger charge is -2.06. The monoisotopic (exact) mass is 307 g/mol. The summed E-state index contributed by atoms with van der Waals surface area (Å²) < 4.78 is 2.64. The van der Waals surface area contributed by atoms with Gasteiger partial charge in [-0.05, 0) is 18.6 Å². The Morgan fingerprint density at radius 2 is 2.17 bits per heavy atom. The summed E-state index contributed by atoms with van der Waals surface area (Å²) in [5.41, 5.74) is 2.40. The minimum atomic E-state index is -0.101. The van der Waals surface area contributed by atoms with Crippen molar-refractivity contribution in [3.8, 4) is 0 Å². The van der Waals surface area contributed by atoms with Crippen LogP contribution in [-0.2, 0) is 13.6 Å². The van der Waals surface area contributed by atoms with Gasteiger partial charge in [-0.1, -0.05) is 34.1 Å². The Morgan fingerprint density at radius 3 is 2.78 bits per heavy atom. The largest absolute Gasteiger partial charge is 0.348 e. The minimum Gasteiger partial charge on any atom is -0.348 e. The van der Waals surface area contributed by atoms with Crippen LogP contribution in [-0.4, -0.2) is 15.7 Å². The first kappa shape index (κ1) is 12.8. The number of rotatable bonds is 3. The van der Waals surface area contributed by atoms with Crippen molar-refractivity contribution in [2.24, 2.45) is 7.05 Å². The number of aromatic nitrogens is 2. The highest BCUT2D eigenvalue weighted by Gasteiger charge is 2.12. The number of nitrogens with zero attached hydrogens (tertiary/aromatic N) is 2. The van der Waals surface area contributed by atoms with Gasteiger partial charge in [0.2, 0.25) is 0 Å². The molecule has 0 aliphatic rings. The third-order valence-electron chi connectivity index (χ3n) is 2.66. The molecule has 2 rings (SSSR count). The predicted octanol–water partition coefficient (Wildman–Crippen LogP) is 2.42. The van der Waals surface area contributed by atoms with Gasteiger partial charge >= 0.3 is 0 Å². The van der Waals surface area contributed by atoms with Gasteiger partial charge in [0.25, 0.3) is 5.91 Å². The summed E-state index contributed by atoms with van der Waals surface area (Å²) in [4.78, 5) is 12.0. The first-order valence-electron chi connectivity index (χ1n) is 5.60. The molecule has 2 aromatic rings. The number of benzene rings is 1. The summed E-state index contributed by atoms with van der Waals surface area (Å²) >= 11 is 3.45. The molecular weight excluding hydrogens is 294 g/mol. The second kappa shape index (κ2) is 5.35. The van der Waals surface area contributed by atoms with Crippen molar-refractivity contribution in [3.63, 3.8) is 0 Å². The summed E-state index contributed by atoms with van der Waals surface area (Å²) in [6.45, 7) is 2.32. The Bertz CT molecular complexity index is 577. The second-order valence-electron chi connectivity index (χ2n) is 4.08. The van der Waals surface area contributed by atoms with Crippen LogP contribution in [0.2, 0.25) is 0 Å². The lowest BCUT2D eigenvalue weighted by atomic mass is 10.2. The van der Waals surface area contributed by atoms with Crippen molar-refractivity contribution in [2.45, 2.75) is 13.5 Å². The van der Waals surface area contributed by atoms with Crippen molar-refractivity contribution in [1.29, 1.82) is 0 Å². The molecule has 1 amide bonds. The zero-order valence-electron chi connectivity index (χ0n) is 10.3. The van der Waals surface area contributed by atoms with Crippen LogP contribution in [0.15, 0.2) is 34.9 Å². The van der Waals surface area contributed by atoms with Gasteiger partial charge in [-0.3, -0.25) is 9.48 Å². The zero-order chi connectivity index (χ0) is 13.1. The van der Waals surface area contributed by atoms with Crippen LogP contribution < -0.4 is 5.32 Å². The summed E-state index contributed by atoms with van der Waals surface area (Å²) in [7, 11) is 1.80. The molecule has 5 heteroatoms. The van der Waals surface area contributed by atoms with E-state index < -0.39 is 0 Å². The van der Waals surface area contributed by atoms with E-state index in [9.17, 15) is 4.79 Å². The maximum atomic E-state index is 12.0. The summed E-state index contributed by atoms with van der Waals surface area (Å²) in [6.07, 6.45) is 1.73. The van der Waals surface area contributed by atoms with Crippen LogP contribution in [0.1, 0.15) is 21.6 Å². The van der Waals surface area contributed by atoms with Gasteiger partial charge in [-0.15, -0.1) is 0 Å². The summed E-state index contributed by atoms with van der Waals surface area (Å²) in [5.74, 6) is -0.101. The van der Waals surface area contributed by atoms with E-state index in [-0.39, 0.29) is 5.91 Å².